The van der Waals surface area contributed by atoms with E-state index in [2.05, 4.69) is 36.4 Å². The third kappa shape index (κ3) is 4.02. The highest BCUT2D eigenvalue weighted by atomic mass is 32.1. The summed E-state index contributed by atoms with van der Waals surface area (Å²) >= 11 is 1.67. The normalized spacial score (nSPS) is 11.9. The van der Waals surface area contributed by atoms with Crippen LogP contribution in [0.3, 0.4) is 0 Å². The van der Waals surface area contributed by atoms with Crippen LogP contribution in [0.25, 0.3) is 11.0 Å². The molecule has 0 fully saturated rings. The quantitative estimate of drug-likeness (QED) is 0.708. The maximum Gasteiger partial charge on any atom is 0.246 e. The number of carbonyl (C=O) groups is 1. The number of hydrogen-bond acceptors (Lipinski definition) is 3. The molecule has 23 heavy (non-hydrogen) atoms. The zero-order valence-corrected chi connectivity index (χ0v) is 15.6. The van der Waals surface area contributed by atoms with E-state index in [1.165, 1.54) is 4.88 Å². The van der Waals surface area contributed by atoms with Crippen LogP contribution in [-0.2, 0) is 4.79 Å². The van der Waals surface area contributed by atoms with Gasteiger partial charge < -0.3 is 4.90 Å². The first-order valence-corrected chi connectivity index (χ1v) is 9.23. The van der Waals surface area contributed by atoms with Gasteiger partial charge in [-0.3, -0.25) is 9.20 Å². The Kier molecular flexibility index (Phi) is 5.99. The fourth-order valence-electron chi connectivity index (χ4n) is 2.77. The molecule has 2 aromatic heterocycles. The number of imidazole rings is 1. The Balaban J connectivity index is 2.16. The largest absolute Gasteiger partial charge is 0.339 e. The Morgan fingerprint density at radius 2 is 2.04 bits per heavy atom. The molecule has 2 aromatic rings. The van der Waals surface area contributed by atoms with Crippen molar-refractivity contribution in [1.82, 2.24) is 14.3 Å². The molecule has 0 spiro atoms. The van der Waals surface area contributed by atoms with Gasteiger partial charge in [-0.25, -0.2) is 4.98 Å². The van der Waals surface area contributed by atoms with E-state index < -0.39 is 0 Å². The van der Waals surface area contributed by atoms with Crippen LogP contribution >= 0.6 is 11.3 Å². The average molecular weight is 334 g/mol. The molecule has 0 aliphatic rings. The van der Waals surface area contributed by atoms with E-state index in [0.717, 1.165) is 42.3 Å². The Morgan fingerprint density at radius 3 is 2.65 bits per heavy atom. The smallest absolute Gasteiger partial charge is 0.246 e. The summed E-state index contributed by atoms with van der Waals surface area (Å²) in [6, 6.07) is 0. The van der Waals surface area contributed by atoms with Crippen molar-refractivity contribution in [3.05, 3.63) is 28.5 Å². The fraction of sp³-hybridized carbons (Fsp3) is 0.556. The molecule has 4 nitrogen and oxygen atoms in total. The van der Waals surface area contributed by atoms with E-state index >= 15 is 0 Å². The van der Waals surface area contributed by atoms with E-state index in [-0.39, 0.29) is 5.91 Å². The molecule has 0 aliphatic heterocycles. The number of hydrogen-bond donors (Lipinski definition) is 0. The molecule has 2 rings (SSSR count). The van der Waals surface area contributed by atoms with Crippen molar-refractivity contribution < 1.29 is 4.79 Å². The molecule has 0 saturated heterocycles. The van der Waals surface area contributed by atoms with Crippen LogP contribution < -0.4 is 0 Å². The predicted molar refractivity (Wildman–Crippen MR) is 97.9 cm³/mol. The number of amides is 1. The maximum absolute atomic E-state index is 12.5. The topological polar surface area (TPSA) is 37.6 Å². The number of aryl methyl sites for hydroxylation is 2. The first-order chi connectivity index (χ1) is 11.0. The summed E-state index contributed by atoms with van der Waals surface area (Å²) in [6.07, 6.45) is 7.89. The van der Waals surface area contributed by atoms with E-state index in [9.17, 15) is 4.79 Å². The molecular weight excluding hydrogens is 306 g/mol. The summed E-state index contributed by atoms with van der Waals surface area (Å²) in [5.74, 6) is 0.663. The first-order valence-electron chi connectivity index (χ1n) is 8.42. The fourth-order valence-corrected chi connectivity index (χ4v) is 3.65. The van der Waals surface area contributed by atoms with Gasteiger partial charge in [-0.1, -0.05) is 26.7 Å². The Labute approximate surface area is 142 Å². The highest BCUT2D eigenvalue weighted by molar-refractivity contribution is 7.17. The number of thiazole rings is 1. The SMILES string of the molecule is CCC(CC)CN(CC)C(=O)/C=C/c1c(C)nc2sc(C)cn12. The molecule has 0 saturated carbocycles. The highest BCUT2D eigenvalue weighted by Gasteiger charge is 2.14. The number of fused-ring (bicyclic) bond motifs is 1. The van der Waals surface area contributed by atoms with Gasteiger partial charge >= 0.3 is 0 Å². The second kappa shape index (κ2) is 7.77. The Hall–Kier alpha value is -1.62. The monoisotopic (exact) mass is 333 g/mol. The molecule has 1 amide bonds. The lowest BCUT2D eigenvalue weighted by atomic mass is 10.0. The molecule has 126 valence electrons. The van der Waals surface area contributed by atoms with Crippen molar-refractivity contribution in [2.45, 2.75) is 47.5 Å². The molecule has 0 unspecified atom stereocenters. The van der Waals surface area contributed by atoms with Gasteiger partial charge in [-0.2, -0.15) is 0 Å². The number of nitrogens with zero attached hydrogens (tertiary/aromatic N) is 3. The van der Waals surface area contributed by atoms with Crippen molar-refractivity contribution in [1.29, 1.82) is 0 Å². The molecule has 5 heteroatoms. The summed E-state index contributed by atoms with van der Waals surface area (Å²) in [4.78, 5) is 21.2. The minimum Gasteiger partial charge on any atom is -0.339 e. The standard InChI is InChI=1S/C18H27N3OS/c1-6-15(7-2)12-20(8-3)17(22)10-9-16-14(5)19-18-21(16)11-13(4)23-18/h9-11,15H,6-8,12H2,1-5H3/b10-9+. The number of aromatic nitrogens is 2. The molecule has 0 aromatic carbocycles. The predicted octanol–water partition coefficient (Wildman–Crippen LogP) is 4.31. The zero-order valence-electron chi connectivity index (χ0n) is 14.8. The highest BCUT2D eigenvalue weighted by Crippen LogP contribution is 2.21. The molecule has 0 radical (unpaired) electrons. The first kappa shape index (κ1) is 17.7. The number of likely N-dealkylation sites (N-methyl/N-ethyl adjacent to an activating group) is 1. The van der Waals surface area contributed by atoms with Crippen molar-refractivity contribution in [3.8, 4) is 0 Å². The third-order valence-corrected chi connectivity index (χ3v) is 5.27. The summed E-state index contributed by atoms with van der Waals surface area (Å²) in [6.45, 7) is 12.1. The average Bonchev–Trinajstić information content (AvgIpc) is 3.01. The van der Waals surface area contributed by atoms with Gasteiger partial charge in [0.25, 0.3) is 0 Å². The zero-order chi connectivity index (χ0) is 17.0. The van der Waals surface area contributed by atoms with Crippen LogP contribution in [0.15, 0.2) is 12.3 Å². The molecule has 0 atom stereocenters. The molecule has 0 N–H and O–H groups in total. The molecule has 0 bridgehead atoms. The van der Waals surface area contributed by atoms with Crippen LogP contribution in [0.5, 0.6) is 0 Å². The lowest BCUT2D eigenvalue weighted by Crippen LogP contribution is -2.33. The van der Waals surface area contributed by atoms with Crippen LogP contribution in [-0.4, -0.2) is 33.3 Å². The second-order valence-corrected chi connectivity index (χ2v) is 7.18. The van der Waals surface area contributed by atoms with Gasteiger partial charge in [-0.15, -0.1) is 11.3 Å². The minimum absolute atomic E-state index is 0.0840. The van der Waals surface area contributed by atoms with Crippen molar-refractivity contribution >= 4 is 28.3 Å². The maximum atomic E-state index is 12.5. The van der Waals surface area contributed by atoms with Gasteiger partial charge in [0.05, 0.1) is 11.4 Å². The summed E-state index contributed by atoms with van der Waals surface area (Å²) < 4.78 is 2.07. The third-order valence-electron chi connectivity index (χ3n) is 4.37. The Bertz CT molecular complexity index is 694. The molecule has 2 heterocycles. The van der Waals surface area contributed by atoms with Crippen molar-refractivity contribution in [2.24, 2.45) is 5.92 Å². The van der Waals surface area contributed by atoms with Crippen molar-refractivity contribution in [3.63, 3.8) is 0 Å². The van der Waals surface area contributed by atoms with Crippen LogP contribution in [0.2, 0.25) is 0 Å². The van der Waals surface area contributed by atoms with Gasteiger partial charge in [0.15, 0.2) is 4.96 Å². The number of carbonyl (C=O) groups excluding carboxylic acids is 1. The minimum atomic E-state index is 0.0840. The summed E-state index contributed by atoms with van der Waals surface area (Å²) in [5.41, 5.74) is 1.96. The van der Waals surface area contributed by atoms with Crippen LogP contribution in [0.4, 0.5) is 0 Å². The molecular formula is C18H27N3OS. The summed E-state index contributed by atoms with van der Waals surface area (Å²) in [7, 11) is 0. The van der Waals surface area contributed by atoms with Gasteiger partial charge in [0, 0.05) is 30.2 Å². The van der Waals surface area contributed by atoms with Gasteiger partial charge in [0.1, 0.15) is 0 Å². The van der Waals surface area contributed by atoms with Crippen molar-refractivity contribution in [2.75, 3.05) is 13.1 Å². The second-order valence-electron chi connectivity index (χ2n) is 5.97. The van der Waals surface area contributed by atoms with E-state index in [1.54, 1.807) is 17.4 Å². The summed E-state index contributed by atoms with van der Waals surface area (Å²) in [5, 5.41) is 0. The number of rotatable bonds is 7. The van der Waals surface area contributed by atoms with Gasteiger partial charge in [-0.05, 0) is 32.8 Å². The van der Waals surface area contributed by atoms with E-state index in [1.807, 2.05) is 24.8 Å². The van der Waals surface area contributed by atoms with E-state index in [0.29, 0.717) is 5.92 Å². The van der Waals surface area contributed by atoms with E-state index in [4.69, 9.17) is 0 Å². The van der Waals surface area contributed by atoms with Crippen LogP contribution in [0.1, 0.15) is 49.9 Å². The van der Waals surface area contributed by atoms with Crippen LogP contribution in [0, 0.1) is 19.8 Å². The lowest BCUT2D eigenvalue weighted by molar-refractivity contribution is -0.126. The lowest BCUT2D eigenvalue weighted by Gasteiger charge is -2.24. The Morgan fingerprint density at radius 1 is 1.35 bits per heavy atom. The van der Waals surface area contributed by atoms with Gasteiger partial charge in [0.2, 0.25) is 5.91 Å². The molecule has 0 aliphatic carbocycles.